The highest BCUT2D eigenvalue weighted by atomic mass is 79.9. The van der Waals surface area contributed by atoms with Crippen LogP contribution in [0.25, 0.3) is 10.9 Å². The summed E-state index contributed by atoms with van der Waals surface area (Å²) in [6, 6.07) is 5.38. The standard InChI is InChI=1S/C8H6BrN3O2/c9-4-1-2-6-5(3-4)7(11-10-6)8(13)12-14/h1-3,14H,(H,10,11)(H,12,13). The lowest BCUT2D eigenvalue weighted by Crippen LogP contribution is -2.19. The first-order chi connectivity index (χ1) is 6.72. The Bertz CT molecular complexity index is 494. The first-order valence-corrected chi connectivity index (χ1v) is 4.59. The van der Waals surface area contributed by atoms with E-state index in [-0.39, 0.29) is 5.69 Å². The third-order valence-corrected chi connectivity index (χ3v) is 2.33. The maximum absolute atomic E-state index is 11.1. The predicted molar refractivity (Wildman–Crippen MR) is 53.0 cm³/mol. The van der Waals surface area contributed by atoms with Crippen LogP contribution < -0.4 is 5.48 Å². The number of carbonyl (C=O) groups is 1. The molecule has 0 aliphatic heterocycles. The van der Waals surface area contributed by atoms with Crippen molar-refractivity contribution in [1.82, 2.24) is 15.7 Å². The molecule has 2 rings (SSSR count). The summed E-state index contributed by atoms with van der Waals surface area (Å²) >= 11 is 3.29. The molecule has 0 saturated heterocycles. The van der Waals surface area contributed by atoms with E-state index >= 15 is 0 Å². The van der Waals surface area contributed by atoms with E-state index in [4.69, 9.17) is 5.21 Å². The SMILES string of the molecule is O=C(NO)c1n[nH]c2ccc(Br)cc12. The molecular formula is C8H6BrN3O2. The van der Waals surface area contributed by atoms with E-state index in [0.717, 1.165) is 9.99 Å². The fourth-order valence-corrected chi connectivity index (χ4v) is 1.57. The summed E-state index contributed by atoms with van der Waals surface area (Å²) in [6.07, 6.45) is 0. The van der Waals surface area contributed by atoms with Gasteiger partial charge in [-0.15, -0.1) is 0 Å². The first kappa shape index (κ1) is 9.17. The second-order valence-corrected chi connectivity index (χ2v) is 3.62. The van der Waals surface area contributed by atoms with E-state index < -0.39 is 5.91 Å². The lowest BCUT2D eigenvalue weighted by molar-refractivity contribution is 0.0702. The Balaban J connectivity index is 2.67. The molecule has 3 N–H and O–H groups in total. The second-order valence-electron chi connectivity index (χ2n) is 2.70. The molecule has 0 unspecified atom stereocenters. The number of benzene rings is 1. The zero-order valence-electron chi connectivity index (χ0n) is 6.91. The van der Waals surface area contributed by atoms with Crippen molar-refractivity contribution in [2.45, 2.75) is 0 Å². The van der Waals surface area contributed by atoms with E-state index in [1.54, 1.807) is 17.6 Å². The van der Waals surface area contributed by atoms with Crippen LogP contribution >= 0.6 is 15.9 Å². The van der Waals surface area contributed by atoms with Crippen molar-refractivity contribution in [2.24, 2.45) is 0 Å². The van der Waals surface area contributed by atoms with Crippen LogP contribution in [-0.4, -0.2) is 21.3 Å². The number of nitrogens with one attached hydrogen (secondary N) is 2. The van der Waals surface area contributed by atoms with Gasteiger partial charge in [0.2, 0.25) is 0 Å². The highest BCUT2D eigenvalue weighted by Crippen LogP contribution is 2.20. The largest absolute Gasteiger partial charge is 0.295 e. The molecule has 2 aromatic rings. The molecule has 0 aliphatic carbocycles. The zero-order chi connectivity index (χ0) is 10.1. The first-order valence-electron chi connectivity index (χ1n) is 3.80. The van der Waals surface area contributed by atoms with Crippen molar-refractivity contribution in [3.63, 3.8) is 0 Å². The molecule has 0 atom stereocenters. The van der Waals surface area contributed by atoms with Gasteiger partial charge in [0.25, 0.3) is 5.91 Å². The molecule has 1 aromatic carbocycles. The van der Waals surface area contributed by atoms with Crippen molar-refractivity contribution >= 4 is 32.7 Å². The summed E-state index contributed by atoms with van der Waals surface area (Å²) in [7, 11) is 0. The van der Waals surface area contributed by atoms with E-state index in [9.17, 15) is 4.79 Å². The van der Waals surface area contributed by atoms with Crippen LogP contribution in [0, 0.1) is 0 Å². The molecule has 1 heterocycles. The van der Waals surface area contributed by atoms with Gasteiger partial charge in [-0.3, -0.25) is 15.1 Å². The maximum Gasteiger partial charge on any atom is 0.295 e. The topological polar surface area (TPSA) is 78.0 Å². The number of hydrogen-bond acceptors (Lipinski definition) is 3. The van der Waals surface area contributed by atoms with Gasteiger partial charge in [-0.2, -0.15) is 5.10 Å². The lowest BCUT2D eigenvalue weighted by Gasteiger charge is -1.94. The number of halogens is 1. The van der Waals surface area contributed by atoms with Crippen molar-refractivity contribution in [2.75, 3.05) is 0 Å². The molecule has 0 bridgehead atoms. The number of H-pyrrole nitrogens is 1. The van der Waals surface area contributed by atoms with Gasteiger partial charge in [0, 0.05) is 9.86 Å². The number of nitrogens with zero attached hydrogens (tertiary/aromatic N) is 1. The minimum atomic E-state index is -0.630. The molecule has 0 radical (unpaired) electrons. The van der Waals surface area contributed by atoms with E-state index in [1.165, 1.54) is 0 Å². The number of aromatic amines is 1. The monoisotopic (exact) mass is 255 g/mol. The summed E-state index contributed by atoms with van der Waals surface area (Å²) in [5, 5.41) is 15.6. The van der Waals surface area contributed by atoms with Gasteiger partial charge in [-0.1, -0.05) is 15.9 Å². The Kier molecular flexibility index (Phi) is 2.22. The predicted octanol–water partition coefficient (Wildman–Crippen LogP) is 1.44. The van der Waals surface area contributed by atoms with Gasteiger partial charge in [0.1, 0.15) is 0 Å². The van der Waals surface area contributed by atoms with Crippen LogP contribution in [0.3, 0.4) is 0 Å². The Morgan fingerprint density at radius 1 is 1.57 bits per heavy atom. The van der Waals surface area contributed by atoms with Gasteiger partial charge < -0.3 is 0 Å². The molecule has 0 aliphatic rings. The molecule has 5 nitrogen and oxygen atoms in total. The molecular weight excluding hydrogens is 250 g/mol. The minimum Gasteiger partial charge on any atom is -0.288 e. The smallest absolute Gasteiger partial charge is 0.288 e. The maximum atomic E-state index is 11.1. The Hall–Kier alpha value is -1.40. The van der Waals surface area contributed by atoms with Crippen LogP contribution in [-0.2, 0) is 0 Å². The third-order valence-electron chi connectivity index (χ3n) is 1.84. The average molecular weight is 256 g/mol. The van der Waals surface area contributed by atoms with Crippen molar-refractivity contribution in [3.8, 4) is 0 Å². The summed E-state index contributed by atoms with van der Waals surface area (Å²) in [6.45, 7) is 0. The highest BCUT2D eigenvalue weighted by molar-refractivity contribution is 9.10. The molecule has 72 valence electrons. The summed E-state index contributed by atoms with van der Waals surface area (Å²) in [4.78, 5) is 11.1. The number of rotatable bonds is 1. The molecule has 0 saturated carbocycles. The Morgan fingerprint density at radius 3 is 3.07 bits per heavy atom. The average Bonchev–Trinajstić information content (AvgIpc) is 2.59. The number of amides is 1. The van der Waals surface area contributed by atoms with Crippen LogP contribution in [0.5, 0.6) is 0 Å². The highest BCUT2D eigenvalue weighted by Gasteiger charge is 2.12. The molecule has 0 fully saturated rings. The van der Waals surface area contributed by atoms with Gasteiger partial charge in [0.15, 0.2) is 5.69 Å². The fraction of sp³-hybridized carbons (Fsp3) is 0. The third kappa shape index (κ3) is 1.38. The number of aromatic nitrogens is 2. The van der Waals surface area contributed by atoms with Crippen molar-refractivity contribution < 1.29 is 10.0 Å². The zero-order valence-corrected chi connectivity index (χ0v) is 8.50. The summed E-state index contributed by atoms with van der Waals surface area (Å²) in [5.41, 5.74) is 2.45. The summed E-state index contributed by atoms with van der Waals surface area (Å²) < 4.78 is 0.846. The van der Waals surface area contributed by atoms with E-state index in [0.29, 0.717) is 5.39 Å². The van der Waals surface area contributed by atoms with Gasteiger partial charge in [0.05, 0.1) is 5.52 Å². The minimum absolute atomic E-state index is 0.170. The van der Waals surface area contributed by atoms with Crippen LogP contribution in [0.2, 0.25) is 0 Å². The molecule has 1 amide bonds. The summed E-state index contributed by atoms with van der Waals surface area (Å²) in [5.74, 6) is -0.630. The molecule has 0 spiro atoms. The van der Waals surface area contributed by atoms with Gasteiger partial charge >= 0.3 is 0 Å². The second kappa shape index (κ2) is 3.39. The quantitative estimate of drug-likeness (QED) is 0.533. The van der Waals surface area contributed by atoms with Crippen LogP contribution in [0.15, 0.2) is 22.7 Å². The molecule has 6 heteroatoms. The van der Waals surface area contributed by atoms with E-state index in [2.05, 4.69) is 26.1 Å². The number of carbonyl (C=O) groups excluding carboxylic acids is 1. The van der Waals surface area contributed by atoms with E-state index in [1.807, 2.05) is 6.07 Å². The van der Waals surface area contributed by atoms with Gasteiger partial charge in [-0.05, 0) is 18.2 Å². The van der Waals surface area contributed by atoms with Crippen molar-refractivity contribution in [1.29, 1.82) is 0 Å². The Morgan fingerprint density at radius 2 is 2.36 bits per heavy atom. The van der Waals surface area contributed by atoms with Gasteiger partial charge in [-0.25, -0.2) is 5.48 Å². The number of hydrogen-bond donors (Lipinski definition) is 3. The lowest BCUT2D eigenvalue weighted by atomic mass is 10.2. The van der Waals surface area contributed by atoms with Crippen molar-refractivity contribution in [3.05, 3.63) is 28.4 Å². The number of fused-ring (bicyclic) bond motifs is 1. The fourth-order valence-electron chi connectivity index (χ4n) is 1.21. The Labute approximate surface area is 87.2 Å². The number of hydroxylamine groups is 1. The molecule has 14 heavy (non-hydrogen) atoms. The molecule has 1 aromatic heterocycles. The van der Waals surface area contributed by atoms with Crippen LogP contribution in [0.1, 0.15) is 10.5 Å². The van der Waals surface area contributed by atoms with Crippen LogP contribution in [0.4, 0.5) is 0 Å². The normalized spacial score (nSPS) is 10.4.